The van der Waals surface area contributed by atoms with Crippen molar-refractivity contribution in [2.75, 3.05) is 11.9 Å². The Bertz CT molecular complexity index is 1130. The van der Waals surface area contributed by atoms with E-state index in [0.29, 0.717) is 5.02 Å². The van der Waals surface area contributed by atoms with Gasteiger partial charge in [0.2, 0.25) is 0 Å². The topological polar surface area (TPSA) is 103 Å². The Labute approximate surface area is 179 Å². The molecule has 3 rings (SSSR count). The molecule has 148 valence electrons. The van der Waals surface area contributed by atoms with Crippen LogP contribution in [0.5, 0.6) is 0 Å². The lowest BCUT2D eigenvalue weighted by Gasteiger charge is -2.11. The van der Waals surface area contributed by atoms with Crippen molar-refractivity contribution in [3.8, 4) is 5.69 Å². The fraction of sp³-hybridized carbons (Fsp3) is 0.0556. The Morgan fingerprint density at radius 1 is 1.07 bits per heavy atom. The van der Waals surface area contributed by atoms with E-state index in [4.69, 9.17) is 39.5 Å². The predicted molar refractivity (Wildman–Crippen MR) is 108 cm³/mol. The molecule has 0 saturated carbocycles. The van der Waals surface area contributed by atoms with Crippen LogP contribution in [-0.4, -0.2) is 33.2 Å². The molecule has 2 aromatic heterocycles. The van der Waals surface area contributed by atoms with E-state index < -0.39 is 24.0 Å². The van der Waals surface area contributed by atoms with Gasteiger partial charge in [0.15, 0.2) is 6.61 Å². The van der Waals surface area contributed by atoms with Crippen LogP contribution in [0, 0.1) is 0 Å². The van der Waals surface area contributed by atoms with Crippen molar-refractivity contribution in [1.82, 2.24) is 14.8 Å². The van der Waals surface area contributed by atoms with Crippen LogP contribution in [0.2, 0.25) is 15.1 Å². The minimum atomic E-state index is -0.834. The number of anilines is 1. The first-order chi connectivity index (χ1) is 13.9. The molecule has 0 unspecified atom stereocenters. The van der Waals surface area contributed by atoms with Crippen molar-refractivity contribution in [1.29, 1.82) is 0 Å². The number of hydrogen-bond donors (Lipinski definition) is 1. The molecule has 1 N–H and O–H groups in total. The van der Waals surface area contributed by atoms with Gasteiger partial charge in [-0.1, -0.05) is 46.9 Å². The van der Waals surface area contributed by atoms with Gasteiger partial charge in [-0.15, -0.1) is 0 Å². The van der Waals surface area contributed by atoms with E-state index in [2.05, 4.69) is 15.4 Å². The molecule has 29 heavy (non-hydrogen) atoms. The molecule has 8 nitrogen and oxygen atoms in total. The van der Waals surface area contributed by atoms with Gasteiger partial charge in [-0.3, -0.25) is 9.59 Å². The number of aromatic nitrogens is 3. The number of nitrogens with one attached hydrogen (secondary N) is 1. The van der Waals surface area contributed by atoms with Crippen LogP contribution in [-0.2, 0) is 9.53 Å². The zero-order chi connectivity index (χ0) is 21.0. The minimum absolute atomic E-state index is 0.0120. The van der Waals surface area contributed by atoms with Gasteiger partial charge in [0.25, 0.3) is 11.5 Å². The number of esters is 1. The summed E-state index contributed by atoms with van der Waals surface area (Å²) in [5.41, 5.74) is -0.565. The average molecular weight is 454 g/mol. The molecule has 0 atom stereocenters. The molecule has 0 bridgehead atoms. The molecule has 0 saturated heterocycles. The lowest BCUT2D eigenvalue weighted by atomic mass is 10.2. The third-order valence-corrected chi connectivity index (χ3v) is 4.53. The lowest BCUT2D eigenvalue weighted by molar-refractivity contribution is -0.119. The summed E-state index contributed by atoms with van der Waals surface area (Å²) in [7, 11) is 0. The zero-order valence-electron chi connectivity index (χ0n) is 14.4. The van der Waals surface area contributed by atoms with E-state index in [9.17, 15) is 14.4 Å². The fourth-order valence-electron chi connectivity index (χ4n) is 2.25. The van der Waals surface area contributed by atoms with Crippen LogP contribution in [0.4, 0.5) is 5.82 Å². The molecular formula is C18H11Cl3N4O4. The molecule has 3 aromatic rings. The van der Waals surface area contributed by atoms with Gasteiger partial charge in [0, 0.05) is 6.20 Å². The first kappa shape index (κ1) is 20.8. The summed E-state index contributed by atoms with van der Waals surface area (Å²) in [6.45, 7) is -0.568. The summed E-state index contributed by atoms with van der Waals surface area (Å²) in [5.74, 6) is -1.18. The van der Waals surface area contributed by atoms with Crippen molar-refractivity contribution >= 4 is 52.5 Å². The van der Waals surface area contributed by atoms with E-state index in [-0.39, 0.29) is 27.1 Å². The Hall–Kier alpha value is -2.94. The highest BCUT2D eigenvalue weighted by molar-refractivity contribution is 6.41. The van der Waals surface area contributed by atoms with Crippen molar-refractivity contribution in [3.05, 3.63) is 79.8 Å². The highest BCUT2D eigenvalue weighted by Gasteiger charge is 2.18. The molecule has 0 aliphatic heterocycles. The Kier molecular flexibility index (Phi) is 6.48. The summed E-state index contributed by atoms with van der Waals surface area (Å²) >= 11 is 17.4. The second-order valence-electron chi connectivity index (χ2n) is 5.53. The van der Waals surface area contributed by atoms with Crippen molar-refractivity contribution in [2.45, 2.75) is 0 Å². The van der Waals surface area contributed by atoms with E-state index in [1.54, 1.807) is 18.2 Å². The first-order valence-electron chi connectivity index (χ1n) is 7.98. The van der Waals surface area contributed by atoms with Gasteiger partial charge in [-0.25, -0.2) is 9.78 Å². The van der Waals surface area contributed by atoms with E-state index in [1.165, 1.54) is 30.6 Å². The summed E-state index contributed by atoms with van der Waals surface area (Å²) in [4.78, 5) is 40.6. The monoisotopic (exact) mass is 452 g/mol. The van der Waals surface area contributed by atoms with Crippen LogP contribution in [0.15, 0.2) is 53.6 Å². The zero-order valence-corrected chi connectivity index (χ0v) is 16.7. The molecule has 1 amide bonds. The number of carbonyl (C=O) groups is 2. The molecule has 0 fully saturated rings. The number of nitrogens with zero attached hydrogens (tertiary/aromatic N) is 3. The molecule has 0 aliphatic carbocycles. The van der Waals surface area contributed by atoms with Gasteiger partial charge in [0.05, 0.1) is 27.5 Å². The summed E-state index contributed by atoms with van der Waals surface area (Å²) in [5, 5.41) is 6.52. The number of pyridine rings is 1. The van der Waals surface area contributed by atoms with Crippen LogP contribution in [0.1, 0.15) is 10.4 Å². The van der Waals surface area contributed by atoms with Crippen molar-refractivity contribution < 1.29 is 14.3 Å². The highest BCUT2D eigenvalue weighted by atomic mass is 35.5. The molecule has 0 aliphatic rings. The SMILES string of the molecule is O=C(COC(=O)c1ccccc1-n1ncc(Cl)c(Cl)c1=O)Nc1ccc(Cl)cn1. The molecule has 1 aromatic carbocycles. The van der Waals surface area contributed by atoms with E-state index in [0.717, 1.165) is 4.68 Å². The molecule has 2 heterocycles. The maximum atomic E-state index is 12.5. The smallest absolute Gasteiger partial charge is 0.340 e. The molecular weight excluding hydrogens is 443 g/mol. The molecule has 0 radical (unpaired) electrons. The van der Waals surface area contributed by atoms with Crippen molar-refractivity contribution in [3.63, 3.8) is 0 Å². The number of amides is 1. The van der Waals surface area contributed by atoms with Gasteiger partial charge >= 0.3 is 5.97 Å². The number of halogens is 3. The number of benzene rings is 1. The number of carbonyl (C=O) groups excluding carboxylic acids is 2. The van der Waals surface area contributed by atoms with Gasteiger partial charge in [-0.05, 0) is 24.3 Å². The second-order valence-corrected chi connectivity index (χ2v) is 6.75. The van der Waals surface area contributed by atoms with Crippen LogP contribution in [0.3, 0.4) is 0 Å². The van der Waals surface area contributed by atoms with Gasteiger partial charge in [0.1, 0.15) is 10.8 Å². The molecule has 0 spiro atoms. The normalized spacial score (nSPS) is 10.4. The Morgan fingerprint density at radius 2 is 1.83 bits per heavy atom. The Balaban J connectivity index is 1.75. The average Bonchev–Trinajstić information content (AvgIpc) is 2.72. The maximum absolute atomic E-state index is 12.5. The predicted octanol–water partition coefficient (Wildman–Crippen LogP) is 3.38. The lowest BCUT2D eigenvalue weighted by Crippen LogP contribution is -2.25. The Morgan fingerprint density at radius 3 is 2.55 bits per heavy atom. The number of rotatable bonds is 5. The second kappa shape index (κ2) is 9.04. The number of hydrogen-bond acceptors (Lipinski definition) is 6. The maximum Gasteiger partial charge on any atom is 0.340 e. The quantitative estimate of drug-likeness (QED) is 0.594. The van der Waals surface area contributed by atoms with Gasteiger partial charge < -0.3 is 10.1 Å². The largest absolute Gasteiger partial charge is 0.452 e. The third-order valence-electron chi connectivity index (χ3n) is 3.56. The standard InChI is InChI=1S/C18H11Cl3N4O4/c19-10-5-6-14(22-7-10)24-15(26)9-29-18(28)11-3-1-2-4-13(11)25-17(27)16(21)12(20)8-23-25/h1-8H,9H2,(H,22,24,26). The minimum Gasteiger partial charge on any atom is -0.452 e. The molecule has 11 heteroatoms. The van der Waals surface area contributed by atoms with Crippen molar-refractivity contribution in [2.24, 2.45) is 0 Å². The van der Waals surface area contributed by atoms with E-state index in [1.807, 2.05) is 0 Å². The first-order valence-corrected chi connectivity index (χ1v) is 9.11. The summed E-state index contributed by atoms with van der Waals surface area (Å²) < 4.78 is 5.95. The summed E-state index contributed by atoms with van der Waals surface area (Å²) in [6.07, 6.45) is 2.54. The number of para-hydroxylation sites is 1. The van der Waals surface area contributed by atoms with Crippen LogP contribution >= 0.6 is 34.8 Å². The third kappa shape index (κ3) is 4.92. The summed E-state index contributed by atoms with van der Waals surface area (Å²) in [6, 6.07) is 9.12. The number of ether oxygens (including phenoxy) is 1. The van der Waals surface area contributed by atoms with Gasteiger partial charge in [-0.2, -0.15) is 9.78 Å². The van der Waals surface area contributed by atoms with Crippen LogP contribution in [0.25, 0.3) is 5.69 Å². The highest BCUT2D eigenvalue weighted by Crippen LogP contribution is 2.18. The van der Waals surface area contributed by atoms with E-state index >= 15 is 0 Å². The van der Waals surface area contributed by atoms with Crippen LogP contribution < -0.4 is 10.9 Å². The fourth-order valence-corrected chi connectivity index (χ4v) is 2.62.